The largest absolute Gasteiger partial charge is 0.353 e. The summed E-state index contributed by atoms with van der Waals surface area (Å²) < 4.78 is 5.06. The van der Waals surface area contributed by atoms with Gasteiger partial charge in [0.1, 0.15) is 0 Å². The van der Waals surface area contributed by atoms with Gasteiger partial charge in [-0.2, -0.15) is 4.98 Å². The standard InChI is InChI=1S/C26H29N5O3/c1-18-27-25(29-34-18)20-8-5-9-23(14-20)31-17-21(15-24(31)32)26(33)28-22-10-12-30(13-11-22)16-19-6-3-2-4-7-19/h2-9,14,21-22H,10-13,15-17H2,1H3,(H,28,33)/t21-/m1/s1. The van der Waals surface area contributed by atoms with Gasteiger partial charge in [0.25, 0.3) is 0 Å². The van der Waals surface area contributed by atoms with Crippen molar-refractivity contribution in [3.63, 3.8) is 0 Å². The van der Waals surface area contributed by atoms with Crippen LogP contribution in [-0.2, 0) is 16.1 Å². The number of rotatable bonds is 6. The van der Waals surface area contributed by atoms with E-state index in [0.29, 0.717) is 18.3 Å². The molecule has 2 amide bonds. The Kier molecular flexibility index (Phi) is 6.40. The van der Waals surface area contributed by atoms with Crippen molar-refractivity contribution in [2.24, 2.45) is 5.92 Å². The zero-order valence-corrected chi connectivity index (χ0v) is 19.3. The highest BCUT2D eigenvalue weighted by Gasteiger charge is 2.36. The second kappa shape index (κ2) is 9.77. The Balaban J connectivity index is 1.15. The number of nitrogens with zero attached hydrogens (tertiary/aromatic N) is 4. The molecule has 2 saturated heterocycles. The summed E-state index contributed by atoms with van der Waals surface area (Å²) in [6.45, 7) is 4.97. The predicted molar refractivity (Wildman–Crippen MR) is 128 cm³/mol. The number of likely N-dealkylation sites (tertiary alicyclic amines) is 1. The van der Waals surface area contributed by atoms with Crippen molar-refractivity contribution in [3.8, 4) is 11.4 Å². The molecule has 34 heavy (non-hydrogen) atoms. The van der Waals surface area contributed by atoms with E-state index in [1.165, 1.54) is 5.56 Å². The monoisotopic (exact) mass is 459 g/mol. The van der Waals surface area contributed by atoms with Crippen molar-refractivity contribution >= 4 is 17.5 Å². The number of carbonyl (C=O) groups is 2. The number of carbonyl (C=O) groups excluding carboxylic acids is 2. The van der Waals surface area contributed by atoms with Crippen molar-refractivity contribution in [3.05, 3.63) is 66.1 Å². The molecule has 1 aromatic heterocycles. The van der Waals surface area contributed by atoms with Crippen molar-refractivity contribution in [1.29, 1.82) is 0 Å². The summed E-state index contributed by atoms with van der Waals surface area (Å²) in [6, 6.07) is 18.1. The minimum absolute atomic E-state index is 0.0256. The van der Waals surface area contributed by atoms with Crippen LogP contribution < -0.4 is 10.2 Å². The van der Waals surface area contributed by atoms with E-state index < -0.39 is 0 Å². The van der Waals surface area contributed by atoms with Gasteiger partial charge in [0, 0.05) is 56.8 Å². The minimum atomic E-state index is -0.342. The quantitative estimate of drug-likeness (QED) is 0.609. The maximum atomic E-state index is 13.0. The smallest absolute Gasteiger partial charge is 0.227 e. The molecule has 2 aliphatic rings. The third-order valence-electron chi connectivity index (χ3n) is 6.62. The molecule has 0 unspecified atom stereocenters. The van der Waals surface area contributed by atoms with Gasteiger partial charge in [-0.15, -0.1) is 0 Å². The fourth-order valence-corrected chi connectivity index (χ4v) is 4.76. The zero-order valence-electron chi connectivity index (χ0n) is 19.3. The Morgan fingerprint density at radius 1 is 1.12 bits per heavy atom. The molecule has 0 spiro atoms. The van der Waals surface area contributed by atoms with Crippen molar-refractivity contribution in [2.45, 2.75) is 38.8 Å². The van der Waals surface area contributed by atoms with Crippen LogP contribution in [0.2, 0.25) is 0 Å². The van der Waals surface area contributed by atoms with Gasteiger partial charge >= 0.3 is 0 Å². The second-order valence-corrected chi connectivity index (χ2v) is 9.14. The molecule has 1 atom stereocenters. The van der Waals surface area contributed by atoms with Crippen LogP contribution in [0.3, 0.4) is 0 Å². The molecule has 2 aliphatic heterocycles. The Bertz CT molecular complexity index is 1150. The first-order valence-electron chi connectivity index (χ1n) is 11.8. The van der Waals surface area contributed by atoms with Gasteiger partial charge in [0.05, 0.1) is 5.92 Å². The molecule has 0 aliphatic carbocycles. The molecule has 2 fully saturated rings. The number of hydrogen-bond donors (Lipinski definition) is 1. The molecular weight excluding hydrogens is 430 g/mol. The van der Waals surface area contributed by atoms with Crippen LogP contribution in [0.25, 0.3) is 11.4 Å². The molecule has 8 heteroatoms. The normalized spacial score (nSPS) is 19.5. The molecule has 3 heterocycles. The molecule has 176 valence electrons. The number of amides is 2. The van der Waals surface area contributed by atoms with Crippen LogP contribution in [0.5, 0.6) is 0 Å². The fraction of sp³-hybridized carbons (Fsp3) is 0.385. The van der Waals surface area contributed by atoms with Crippen LogP contribution in [-0.4, -0.2) is 52.5 Å². The van der Waals surface area contributed by atoms with Crippen molar-refractivity contribution in [2.75, 3.05) is 24.5 Å². The second-order valence-electron chi connectivity index (χ2n) is 9.14. The highest BCUT2D eigenvalue weighted by atomic mass is 16.5. The van der Waals surface area contributed by atoms with Gasteiger partial charge in [0.2, 0.25) is 23.5 Å². The summed E-state index contributed by atoms with van der Waals surface area (Å²) in [5.74, 6) is 0.562. The van der Waals surface area contributed by atoms with Crippen LogP contribution >= 0.6 is 0 Å². The van der Waals surface area contributed by atoms with Crippen molar-refractivity contribution < 1.29 is 14.1 Å². The number of hydrogen-bond acceptors (Lipinski definition) is 6. The highest BCUT2D eigenvalue weighted by molar-refractivity contribution is 6.00. The lowest BCUT2D eigenvalue weighted by atomic mass is 10.0. The van der Waals surface area contributed by atoms with Gasteiger partial charge < -0.3 is 14.7 Å². The average molecular weight is 460 g/mol. The number of anilines is 1. The molecule has 8 nitrogen and oxygen atoms in total. The van der Waals surface area contributed by atoms with Crippen LogP contribution in [0.4, 0.5) is 5.69 Å². The number of benzene rings is 2. The van der Waals surface area contributed by atoms with Gasteiger partial charge in [0.15, 0.2) is 0 Å². The summed E-state index contributed by atoms with van der Waals surface area (Å²) in [5.41, 5.74) is 2.83. The highest BCUT2D eigenvalue weighted by Crippen LogP contribution is 2.29. The van der Waals surface area contributed by atoms with Gasteiger partial charge in [-0.05, 0) is 30.5 Å². The Morgan fingerprint density at radius 3 is 2.65 bits per heavy atom. The van der Waals surface area contributed by atoms with Crippen LogP contribution in [0, 0.1) is 12.8 Å². The molecule has 3 aromatic rings. The summed E-state index contributed by atoms with van der Waals surface area (Å²) in [7, 11) is 0. The molecule has 0 saturated carbocycles. The summed E-state index contributed by atoms with van der Waals surface area (Å²) in [6.07, 6.45) is 2.08. The molecule has 5 rings (SSSR count). The molecular formula is C26H29N5O3. The molecule has 0 bridgehead atoms. The summed E-state index contributed by atoms with van der Waals surface area (Å²) in [4.78, 5) is 34.1. The third-order valence-corrected chi connectivity index (χ3v) is 6.62. The fourth-order valence-electron chi connectivity index (χ4n) is 4.76. The van der Waals surface area contributed by atoms with E-state index in [-0.39, 0.29) is 30.2 Å². The van der Waals surface area contributed by atoms with Gasteiger partial charge in [-0.25, -0.2) is 0 Å². The first kappa shape index (κ1) is 22.3. The van der Waals surface area contributed by atoms with Gasteiger partial charge in [-0.3, -0.25) is 14.5 Å². The number of piperidine rings is 1. The number of nitrogens with one attached hydrogen (secondary N) is 1. The topological polar surface area (TPSA) is 91.6 Å². The molecule has 2 aromatic carbocycles. The predicted octanol–water partition coefficient (Wildman–Crippen LogP) is 3.18. The lowest BCUT2D eigenvalue weighted by Gasteiger charge is -2.32. The van der Waals surface area contributed by atoms with E-state index in [1.807, 2.05) is 30.3 Å². The van der Waals surface area contributed by atoms with E-state index in [2.05, 4.69) is 44.6 Å². The SMILES string of the molecule is Cc1nc(-c2cccc(N3C[C@H](C(=O)NC4CCN(Cc5ccccc5)CC4)CC3=O)c2)no1. The Hall–Kier alpha value is -3.52. The van der Waals surface area contributed by atoms with E-state index in [1.54, 1.807) is 11.8 Å². The third kappa shape index (κ3) is 5.02. The first-order valence-corrected chi connectivity index (χ1v) is 11.8. The maximum absolute atomic E-state index is 13.0. The molecule has 0 radical (unpaired) electrons. The van der Waals surface area contributed by atoms with Gasteiger partial charge in [-0.1, -0.05) is 47.6 Å². The summed E-state index contributed by atoms with van der Waals surface area (Å²) in [5, 5.41) is 7.15. The number of aryl methyl sites for hydroxylation is 1. The van der Waals surface area contributed by atoms with Crippen LogP contribution in [0.1, 0.15) is 30.7 Å². The first-order chi connectivity index (χ1) is 16.5. The lowest BCUT2D eigenvalue weighted by Crippen LogP contribution is -2.46. The zero-order chi connectivity index (χ0) is 23.5. The van der Waals surface area contributed by atoms with Crippen LogP contribution in [0.15, 0.2) is 59.1 Å². The molecule has 1 N–H and O–H groups in total. The van der Waals surface area contributed by atoms with E-state index >= 15 is 0 Å². The average Bonchev–Trinajstić information content (AvgIpc) is 3.47. The van der Waals surface area contributed by atoms with Crippen molar-refractivity contribution in [1.82, 2.24) is 20.4 Å². The van der Waals surface area contributed by atoms with E-state index in [4.69, 9.17) is 4.52 Å². The summed E-state index contributed by atoms with van der Waals surface area (Å²) >= 11 is 0. The lowest BCUT2D eigenvalue weighted by molar-refractivity contribution is -0.127. The van der Waals surface area contributed by atoms with E-state index in [0.717, 1.165) is 43.7 Å². The minimum Gasteiger partial charge on any atom is -0.353 e. The number of aromatic nitrogens is 2. The Morgan fingerprint density at radius 2 is 1.91 bits per heavy atom. The maximum Gasteiger partial charge on any atom is 0.227 e. The Labute approximate surface area is 198 Å². The van der Waals surface area contributed by atoms with E-state index in [9.17, 15) is 9.59 Å².